The molecule has 0 saturated carbocycles. The van der Waals surface area contributed by atoms with E-state index in [2.05, 4.69) is 46.0 Å². The van der Waals surface area contributed by atoms with E-state index in [0.29, 0.717) is 6.04 Å². The van der Waals surface area contributed by atoms with Crippen LogP contribution in [-0.2, 0) is 0 Å². The van der Waals surface area contributed by atoms with Crippen molar-refractivity contribution in [3.63, 3.8) is 0 Å². The first kappa shape index (κ1) is 13.7. The van der Waals surface area contributed by atoms with Crippen molar-refractivity contribution in [2.45, 2.75) is 31.1 Å². The molecule has 1 nitrogen and oxygen atoms in total. The maximum absolute atomic E-state index is 6.24. The summed E-state index contributed by atoms with van der Waals surface area (Å²) >= 11 is 11.8. The van der Waals surface area contributed by atoms with Gasteiger partial charge in [-0.05, 0) is 43.2 Å². The van der Waals surface area contributed by atoms with Gasteiger partial charge in [-0.25, -0.2) is 0 Å². The third-order valence-electron chi connectivity index (χ3n) is 3.10. The summed E-state index contributed by atoms with van der Waals surface area (Å²) in [4.78, 5) is 0. The predicted octanol–water partition coefficient (Wildman–Crippen LogP) is 4.65. The maximum atomic E-state index is 6.24. The van der Waals surface area contributed by atoms with Gasteiger partial charge >= 0.3 is 0 Å². The third kappa shape index (κ3) is 3.88. The fourth-order valence-electron chi connectivity index (χ4n) is 2.08. The van der Waals surface area contributed by atoms with Crippen LogP contribution in [-0.4, -0.2) is 17.5 Å². The van der Waals surface area contributed by atoms with Crippen molar-refractivity contribution in [1.82, 2.24) is 5.32 Å². The summed E-state index contributed by atoms with van der Waals surface area (Å²) in [6, 6.07) is 6.41. The zero-order chi connectivity index (χ0) is 12.3. The van der Waals surface area contributed by atoms with E-state index >= 15 is 0 Å². The fourth-order valence-corrected chi connectivity index (χ4v) is 4.13. The number of hydrogen-bond donors (Lipinski definition) is 1. The number of thioether (sulfide) groups is 1. The van der Waals surface area contributed by atoms with Crippen molar-refractivity contribution < 1.29 is 0 Å². The summed E-state index contributed by atoms with van der Waals surface area (Å²) in [7, 11) is 0. The average molecular weight is 335 g/mol. The van der Waals surface area contributed by atoms with Crippen LogP contribution < -0.4 is 5.32 Å². The fraction of sp³-hybridized carbons (Fsp3) is 0.538. The minimum Gasteiger partial charge on any atom is -0.309 e. The molecule has 2 rings (SSSR count). The molecular weight excluding hydrogens is 318 g/mol. The van der Waals surface area contributed by atoms with Gasteiger partial charge in [-0.1, -0.05) is 33.6 Å². The van der Waals surface area contributed by atoms with Crippen LogP contribution in [0.4, 0.5) is 0 Å². The Morgan fingerprint density at radius 1 is 1.59 bits per heavy atom. The minimum absolute atomic E-state index is 0.316. The molecule has 1 aromatic carbocycles. The van der Waals surface area contributed by atoms with Crippen molar-refractivity contribution in [2.24, 2.45) is 0 Å². The molecule has 0 radical (unpaired) electrons. The van der Waals surface area contributed by atoms with Gasteiger partial charge in [-0.2, -0.15) is 11.8 Å². The Kier molecular flexibility index (Phi) is 5.22. The smallest absolute Gasteiger partial charge is 0.0464 e. The summed E-state index contributed by atoms with van der Waals surface area (Å²) in [5.41, 5.74) is 1.18. The molecule has 0 spiro atoms. The predicted molar refractivity (Wildman–Crippen MR) is 81.0 cm³/mol. The number of rotatable bonds is 4. The molecule has 1 fully saturated rings. The lowest BCUT2D eigenvalue weighted by Gasteiger charge is -2.18. The molecule has 94 valence electrons. The molecule has 2 unspecified atom stereocenters. The second-order valence-corrected chi connectivity index (χ2v) is 7.16. The second-order valence-electron chi connectivity index (χ2n) is 4.43. The Bertz CT molecular complexity index is 380. The average Bonchev–Trinajstić information content (AvgIpc) is 2.78. The van der Waals surface area contributed by atoms with E-state index in [1.165, 1.54) is 24.2 Å². The van der Waals surface area contributed by atoms with Crippen molar-refractivity contribution in [3.8, 4) is 0 Å². The van der Waals surface area contributed by atoms with E-state index in [1.807, 2.05) is 12.1 Å². The Hall–Kier alpha value is 0.300. The van der Waals surface area contributed by atoms with E-state index in [0.717, 1.165) is 21.3 Å². The van der Waals surface area contributed by atoms with Crippen LogP contribution in [0.15, 0.2) is 22.7 Å². The van der Waals surface area contributed by atoms with E-state index in [1.54, 1.807) is 0 Å². The van der Waals surface area contributed by atoms with E-state index in [9.17, 15) is 0 Å². The lowest BCUT2D eigenvalue weighted by molar-refractivity contribution is 0.559. The van der Waals surface area contributed by atoms with Crippen molar-refractivity contribution >= 4 is 39.3 Å². The summed E-state index contributed by atoms with van der Waals surface area (Å²) < 4.78 is 1.03. The Labute approximate surface area is 121 Å². The molecule has 2 atom stereocenters. The highest BCUT2D eigenvalue weighted by Crippen LogP contribution is 2.28. The zero-order valence-corrected chi connectivity index (χ0v) is 13.0. The molecule has 1 heterocycles. The lowest BCUT2D eigenvalue weighted by atomic mass is 10.1. The van der Waals surface area contributed by atoms with Crippen molar-refractivity contribution in [1.29, 1.82) is 0 Å². The third-order valence-corrected chi connectivity index (χ3v) is 5.32. The second kappa shape index (κ2) is 6.46. The van der Waals surface area contributed by atoms with Gasteiger partial charge in [0, 0.05) is 27.3 Å². The maximum Gasteiger partial charge on any atom is 0.0464 e. The molecule has 17 heavy (non-hydrogen) atoms. The molecule has 1 aliphatic rings. The van der Waals surface area contributed by atoms with Gasteiger partial charge in [0.1, 0.15) is 0 Å². The van der Waals surface area contributed by atoms with E-state index in [4.69, 9.17) is 11.6 Å². The van der Waals surface area contributed by atoms with Gasteiger partial charge in [0.25, 0.3) is 0 Å². The highest BCUT2D eigenvalue weighted by Gasteiger charge is 2.17. The monoisotopic (exact) mass is 333 g/mol. The van der Waals surface area contributed by atoms with Crippen LogP contribution in [0.25, 0.3) is 0 Å². The number of halogens is 2. The SMILES string of the molecule is CC(NCC1CCCS1)c1ccc(Br)cc1Cl. The normalized spacial score (nSPS) is 21.7. The minimum atomic E-state index is 0.316. The standard InChI is InChI=1S/C13H17BrClNS/c1-9(16-8-11-3-2-6-17-11)12-5-4-10(14)7-13(12)15/h4-5,7,9,11,16H,2-3,6,8H2,1H3. The van der Waals surface area contributed by atoms with Gasteiger partial charge in [0.2, 0.25) is 0 Å². The van der Waals surface area contributed by atoms with Crippen molar-refractivity contribution in [3.05, 3.63) is 33.3 Å². The van der Waals surface area contributed by atoms with Crippen LogP contribution in [0.2, 0.25) is 5.02 Å². The summed E-state index contributed by atoms with van der Waals surface area (Å²) in [5, 5.41) is 5.20. The molecule has 1 saturated heterocycles. The summed E-state index contributed by atoms with van der Waals surface area (Å²) in [6.45, 7) is 3.26. The Balaban J connectivity index is 1.91. The van der Waals surface area contributed by atoms with Crippen molar-refractivity contribution in [2.75, 3.05) is 12.3 Å². The van der Waals surface area contributed by atoms with Gasteiger partial charge in [-0.3, -0.25) is 0 Å². The van der Waals surface area contributed by atoms with Crippen LogP contribution in [0.1, 0.15) is 31.4 Å². The molecule has 0 bridgehead atoms. The first-order valence-electron chi connectivity index (χ1n) is 5.97. The van der Waals surface area contributed by atoms with E-state index in [-0.39, 0.29) is 0 Å². The highest BCUT2D eigenvalue weighted by molar-refractivity contribution is 9.10. The molecule has 1 aliphatic heterocycles. The van der Waals surface area contributed by atoms with Crippen LogP contribution in [0.3, 0.4) is 0 Å². The van der Waals surface area contributed by atoms with Crippen LogP contribution in [0.5, 0.6) is 0 Å². The Morgan fingerprint density at radius 2 is 2.41 bits per heavy atom. The lowest BCUT2D eigenvalue weighted by Crippen LogP contribution is -2.26. The zero-order valence-electron chi connectivity index (χ0n) is 9.88. The van der Waals surface area contributed by atoms with Gasteiger partial charge in [0.15, 0.2) is 0 Å². The molecule has 4 heteroatoms. The molecule has 1 aromatic rings. The Morgan fingerprint density at radius 3 is 3.06 bits per heavy atom. The van der Waals surface area contributed by atoms with E-state index < -0.39 is 0 Å². The molecular formula is C13H17BrClNS. The largest absolute Gasteiger partial charge is 0.309 e. The summed E-state index contributed by atoms with van der Waals surface area (Å²) in [6.07, 6.45) is 2.71. The van der Waals surface area contributed by atoms with Gasteiger partial charge in [-0.15, -0.1) is 0 Å². The van der Waals surface area contributed by atoms with Gasteiger partial charge < -0.3 is 5.32 Å². The quantitative estimate of drug-likeness (QED) is 0.860. The molecule has 0 aromatic heterocycles. The topological polar surface area (TPSA) is 12.0 Å². The molecule has 0 amide bonds. The number of hydrogen-bond acceptors (Lipinski definition) is 2. The number of benzene rings is 1. The first-order valence-corrected chi connectivity index (χ1v) is 8.18. The first-order chi connectivity index (χ1) is 8.16. The van der Waals surface area contributed by atoms with Crippen LogP contribution >= 0.6 is 39.3 Å². The van der Waals surface area contributed by atoms with Gasteiger partial charge in [0.05, 0.1) is 0 Å². The number of nitrogens with one attached hydrogen (secondary N) is 1. The highest BCUT2D eigenvalue weighted by atomic mass is 79.9. The summed E-state index contributed by atoms with van der Waals surface area (Å²) in [5.74, 6) is 1.32. The molecule has 1 N–H and O–H groups in total. The molecule has 0 aliphatic carbocycles. The van der Waals surface area contributed by atoms with Crippen LogP contribution in [0, 0.1) is 0 Å².